The monoisotopic (exact) mass is 769 g/mol. The van der Waals surface area contributed by atoms with E-state index in [0.29, 0.717) is 56.9 Å². The van der Waals surface area contributed by atoms with Crippen molar-refractivity contribution in [3.63, 3.8) is 0 Å². The number of amides is 1. The van der Waals surface area contributed by atoms with Crippen LogP contribution in [0.25, 0.3) is 0 Å². The number of piperidine rings is 1. The van der Waals surface area contributed by atoms with Crippen LogP contribution in [0.1, 0.15) is 113 Å². The second kappa shape index (κ2) is 21.3. The fraction of sp³-hybridized carbons (Fsp3) is 0.705. The van der Waals surface area contributed by atoms with E-state index in [1.165, 1.54) is 12.0 Å². The highest BCUT2D eigenvalue weighted by molar-refractivity contribution is 6.39. The number of hydrogen-bond donors (Lipinski definition) is 1. The molecular formula is C44H67NO10. The quantitative estimate of drug-likeness (QED) is 0.193. The van der Waals surface area contributed by atoms with Gasteiger partial charge in [-0.25, -0.2) is 4.79 Å². The summed E-state index contributed by atoms with van der Waals surface area (Å²) in [6.07, 6.45) is 12.1. The van der Waals surface area contributed by atoms with E-state index in [0.717, 1.165) is 5.57 Å². The Morgan fingerprint density at radius 3 is 2.27 bits per heavy atom. The smallest absolute Gasteiger partial charge is 0.329 e. The maximum absolute atomic E-state index is 14.1. The Bertz CT molecular complexity index is 1480. The van der Waals surface area contributed by atoms with E-state index in [1.807, 2.05) is 65.0 Å². The van der Waals surface area contributed by atoms with E-state index in [2.05, 4.69) is 0 Å². The zero-order valence-corrected chi connectivity index (χ0v) is 34.9. The minimum atomic E-state index is -1.39. The molecule has 0 aromatic rings. The van der Waals surface area contributed by atoms with Crippen molar-refractivity contribution >= 4 is 29.2 Å². The Kier molecular flexibility index (Phi) is 17.9. The largest absolute Gasteiger partial charge is 0.460 e. The van der Waals surface area contributed by atoms with E-state index in [1.54, 1.807) is 34.0 Å². The normalized spacial score (nSPS) is 39.3. The second-order valence-corrected chi connectivity index (χ2v) is 16.3. The van der Waals surface area contributed by atoms with Crippen molar-refractivity contribution in [2.45, 2.75) is 155 Å². The number of methoxy groups -OCH3 is 2. The lowest BCUT2D eigenvalue weighted by atomic mass is 9.78. The Morgan fingerprint density at radius 2 is 1.62 bits per heavy atom. The number of ether oxygens (including phenoxy) is 4. The Morgan fingerprint density at radius 1 is 0.909 bits per heavy atom. The summed E-state index contributed by atoms with van der Waals surface area (Å²) in [5, 5.41) is 11.2. The van der Waals surface area contributed by atoms with Crippen LogP contribution >= 0.6 is 0 Å². The summed E-state index contributed by atoms with van der Waals surface area (Å²) in [5.41, 5.74) is 0.0140. The highest BCUT2D eigenvalue weighted by atomic mass is 16.5. The predicted molar refractivity (Wildman–Crippen MR) is 211 cm³/mol. The molecule has 11 atom stereocenters. The maximum Gasteiger partial charge on any atom is 0.329 e. The standard InChI is InChI=1S/C44H67NO10/c1-11-33-25-36(46)29(4)24-31(6)39(48)40(53-10)38(47)30(5)23-27(2)17-13-12-14-18-28(3)37(52-9)26-34-21-20-32(7)44(8,55-34)41(49)42(50)45-22-16-15-19-35(45)43(51)54-33/h12-14,17-18,24,27,29-30,32-35,37,39-40,48H,11,15-16,19-23,25-26H2,1-10H3/b14-12+,17-13+,28-18+,31-24+/t27-,29-,30-,32-,33-,34+,35+,37+,39-,40+,44-/m1/s1. The predicted octanol–water partition coefficient (Wildman–Crippen LogP) is 6.46. The average molecular weight is 770 g/mol. The third kappa shape index (κ3) is 12.1. The lowest BCUT2D eigenvalue weighted by Gasteiger charge is -2.44. The van der Waals surface area contributed by atoms with E-state index < -0.39 is 59.5 Å². The minimum absolute atomic E-state index is 0.0662. The highest BCUT2D eigenvalue weighted by Crippen LogP contribution is 2.38. The molecule has 0 radical (unpaired) electrons. The van der Waals surface area contributed by atoms with Crippen molar-refractivity contribution in [1.29, 1.82) is 0 Å². The third-order valence-corrected chi connectivity index (χ3v) is 11.9. The zero-order valence-electron chi connectivity index (χ0n) is 34.9. The molecule has 1 amide bonds. The number of hydrogen-bond acceptors (Lipinski definition) is 10. The van der Waals surface area contributed by atoms with E-state index >= 15 is 0 Å². The van der Waals surface area contributed by atoms with Gasteiger partial charge in [0.05, 0.1) is 12.2 Å². The van der Waals surface area contributed by atoms with Gasteiger partial charge in [-0.05, 0) is 88.7 Å². The number of ketones is 3. The summed E-state index contributed by atoms with van der Waals surface area (Å²) in [6.45, 7) is 14.8. The molecule has 2 bridgehead atoms. The number of Topliss-reactive ketones (excluding diaryl/α,β-unsaturated/α-hetero) is 3. The van der Waals surface area contributed by atoms with Crippen molar-refractivity contribution in [2.24, 2.45) is 23.7 Å². The number of carbonyl (C=O) groups excluding carboxylic acids is 5. The Balaban J connectivity index is 1.96. The number of nitrogens with zero attached hydrogens (tertiary/aromatic N) is 1. The van der Waals surface area contributed by atoms with Crippen molar-refractivity contribution in [3.8, 4) is 0 Å². The summed E-state index contributed by atoms with van der Waals surface area (Å²) >= 11 is 0. The molecule has 0 spiro atoms. The molecule has 2 fully saturated rings. The molecule has 1 N–H and O–H groups in total. The van der Waals surface area contributed by atoms with Crippen LogP contribution in [0.4, 0.5) is 0 Å². The van der Waals surface area contributed by atoms with Gasteiger partial charge in [0, 0.05) is 45.4 Å². The molecule has 55 heavy (non-hydrogen) atoms. The van der Waals surface area contributed by atoms with Crippen molar-refractivity contribution < 1.29 is 48.0 Å². The first-order valence-electron chi connectivity index (χ1n) is 20.2. The molecule has 11 nitrogen and oxygen atoms in total. The van der Waals surface area contributed by atoms with Crippen LogP contribution in [0, 0.1) is 23.7 Å². The topological polar surface area (TPSA) is 146 Å². The van der Waals surface area contributed by atoms with Gasteiger partial charge in [0.15, 0.2) is 5.78 Å². The highest BCUT2D eigenvalue weighted by Gasteiger charge is 2.50. The molecule has 0 aliphatic carbocycles. The minimum Gasteiger partial charge on any atom is -0.460 e. The Hall–Kier alpha value is -3.25. The van der Waals surface area contributed by atoms with Crippen molar-refractivity contribution in [1.82, 2.24) is 4.90 Å². The molecule has 11 heteroatoms. The van der Waals surface area contributed by atoms with Crippen LogP contribution < -0.4 is 0 Å². The van der Waals surface area contributed by atoms with E-state index in [4.69, 9.17) is 18.9 Å². The number of allylic oxidation sites excluding steroid dienone is 6. The molecule has 3 heterocycles. The maximum atomic E-state index is 14.1. The lowest BCUT2D eigenvalue weighted by molar-refractivity contribution is -0.184. The van der Waals surface area contributed by atoms with E-state index in [9.17, 15) is 29.1 Å². The average Bonchev–Trinajstić information content (AvgIpc) is 3.16. The first kappa shape index (κ1) is 46.1. The number of fused-ring (bicyclic) bond motifs is 3. The van der Waals surface area contributed by atoms with Gasteiger partial charge in [-0.2, -0.15) is 0 Å². The van der Waals surface area contributed by atoms with Gasteiger partial charge in [0.1, 0.15) is 35.7 Å². The summed E-state index contributed by atoms with van der Waals surface area (Å²) in [4.78, 5) is 70.0. The molecule has 0 saturated carbocycles. The van der Waals surface area contributed by atoms with Gasteiger partial charge in [-0.15, -0.1) is 0 Å². The first-order chi connectivity index (χ1) is 26.0. The van der Waals surface area contributed by atoms with Crippen LogP contribution in [0.3, 0.4) is 0 Å². The number of aliphatic hydroxyl groups is 1. The number of esters is 1. The molecular weight excluding hydrogens is 702 g/mol. The Labute approximate surface area is 328 Å². The first-order valence-corrected chi connectivity index (χ1v) is 20.2. The molecule has 0 aromatic carbocycles. The fourth-order valence-electron chi connectivity index (χ4n) is 7.96. The fourth-order valence-corrected chi connectivity index (χ4v) is 7.96. The molecule has 3 rings (SSSR count). The van der Waals surface area contributed by atoms with Gasteiger partial charge in [0.2, 0.25) is 0 Å². The lowest BCUT2D eigenvalue weighted by Crippen LogP contribution is -2.59. The molecule has 0 unspecified atom stereocenters. The van der Waals surface area contributed by atoms with Crippen LogP contribution in [-0.2, 0) is 42.9 Å². The van der Waals surface area contributed by atoms with Crippen LogP contribution in [-0.4, -0.2) is 102 Å². The van der Waals surface area contributed by atoms with Gasteiger partial charge >= 0.3 is 5.97 Å². The van der Waals surface area contributed by atoms with Crippen molar-refractivity contribution in [2.75, 3.05) is 20.8 Å². The van der Waals surface area contributed by atoms with Gasteiger partial charge < -0.3 is 29.0 Å². The number of carbonyl (C=O) groups is 5. The SMILES string of the molecule is CC[C@@H]1CC(=O)[C@H](C)/C=C(\C)[C@@H](O)[C@@H](OC)C(=O)[C@H](C)C[C@H](C)/C=C/C=C/C=C(\C)[C@@H](OC)C[C@@H]2CC[C@@H](C)[C@@](C)(O2)C(=O)C(=O)N2CCCC[C@H]2C(=O)O1. The molecule has 3 aliphatic heterocycles. The number of aliphatic hydroxyl groups excluding tert-OH is 1. The molecule has 308 valence electrons. The molecule has 3 aliphatic rings. The zero-order chi connectivity index (χ0) is 41.0. The van der Waals surface area contributed by atoms with Gasteiger partial charge in [-0.1, -0.05) is 71.1 Å². The summed E-state index contributed by atoms with van der Waals surface area (Å²) < 4.78 is 23.7. The third-order valence-electron chi connectivity index (χ3n) is 11.9. The second-order valence-electron chi connectivity index (χ2n) is 16.3. The van der Waals surface area contributed by atoms with E-state index in [-0.39, 0.29) is 48.6 Å². The van der Waals surface area contributed by atoms with Crippen LogP contribution in [0.15, 0.2) is 47.6 Å². The number of rotatable bonds is 3. The van der Waals surface area contributed by atoms with Crippen LogP contribution in [0.2, 0.25) is 0 Å². The summed E-state index contributed by atoms with van der Waals surface area (Å²) in [7, 11) is 3.03. The van der Waals surface area contributed by atoms with Gasteiger partial charge in [-0.3, -0.25) is 19.2 Å². The van der Waals surface area contributed by atoms with Gasteiger partial charge in [0.25, 0.3) is 11.7 Å². The number of cyclic esters (lactones) is 1. The van der Waals surface area contributed by atoms with Crippen molar-refractivity contribution in [3.05, 3.63) is 47.6 Å². The molecule has 2 saturated heterocycles. The molecule has 0 aromatic heterocycles. The summed E-state index contributed by atoms with van der Waals surface area (Å²) in [5.74, 6) is -3.71. The summed E-state index contributed by atoms with van der Waals surface area (Å²) in [6, 6.07) is -0.958. The van der Waals surface area contributed by atoms with Crippen LogP contribution in [0.5, 0.6) is 0 Å².